The SMILES string of the molecule is CC(=O)Nc1ccc(C=Cc2ccc([N+](=O)[O-])c([N+](=O)[O-])c2)cc1. The Kier molecular flexibility index (Phi) is 5.00. The maximum atomic E-state index is 10.9. The highest BCUT2D eigenvalue weighted by atomic mass is 16.6. The van der Waals surface area contributed by atoms with Crippen molar-refractivity contribution in [3.8, 4) is 0 Å². The minimum absolute atomic E-state index is 0.170. The van der Waals surface area contributed by atoms with Crippen LogP contribution in [-0.4, -0.2) is 15.8 Å². The second kappa shape index (κ2) is 7.14. The zero-order valence-electron chi connectivity index (χ0n) is 12.6. The highest BCUT2D eigenvalue weighted by molar-refractivity contribution is 5.88. The van der Waals surface area contributed by atoms with Gasteiger partial charge in [-0.3, -0.25) is 25.0 Å². The molecule has 0 heterocycles. The lowest BCUT2D eigenvalue weighted by atomic mass is 10.1. The summed E-state index contributed by atoms with van der Waals surface area (Å²) in [4.78, 5) is 31.1. The van der Waals surface area contributed by atoms with Crippen LogP contribution >= 0.6 is 0 Å². The van der Waals surface area contributed by atoms with Crippen LogP contribution in [0.5, 0.6) is 0 Å². The van der Waals surface area contributed by atoms with Gasteiger partial charge in [-0.05, 0) is 29.3 Å². The topological polar surface area (TPSA) is 115 Å². The minimum atomic E-state index is -0.785. The highest BCUT2D eigenvalue weighted by Crippen LogP contribution is 2.28. The zero-order valence-corrected chi connectivity index (χ0v) is 12.6. The van der Waals surface area contributed by atoms with Gasteiger partial charge >= 0.3 is 11.4 Å². The van der Waals surface area contributed by atoms with E-state index in [1.807, 2.05) is 0 Å². The van der Waals surface area contributed by atoms with Crippen molar-refractivity contribution in [2.24, 2.45) is 0 Å². The number of rotatable bonds is 5. The summed E-state index contributed by atoms with van der Waals surface area (Å²) in [5.41, 5.74) is 0.842. The van der Waals surface area contributed by atoms with Crippen LogP contribution in [0.25, 0.3) is 12.2 Å². The fourth-order valence-corrected chi connectivity index (χ4v) is 2.02. The van der Waals surface area contributed by atoms with Crippen LogP contribution in [0, 0.1) is 20.2 Å². The van der Waals surface area contributed by atoms with Crippen molar-refractivity contribution in [2.75, 3.05) is 5.32 Å². The molecule has 8 nitrogen and oxygen atoms in total. The van der Waals surface area contributed by atoms with Gasteiger partial charge in [0.1, 0.15) is 0 Å². The van der Waals surface area contributed by atoms with Crippen LogP contribution in [0.4, 0.5) is 17.1 Å². The maximum absolute atomic E-state index is 10.9. The maximum Gasteiger partial charge on any atom is 0.346 e. The van der Waals surface area contributed by atoms with E-state index in [2.05, 4.69) is 5.32 Å². The smallest absolute Gasteiger partial charge is 0.326 e. The van der Waals surface area contributed by atoms with E-state index < -0.39 is 21.2 Å². The van der Waals surface area contributed by atoms with E-state index in [9.17, 15) is 25.0 Å². The van der Waals surface area contributed by atoms with Crippen LogP contribution < -0.4 is 5.32 Å². The first-order chi connectivity index (χ1) is 11.4. The Bertz CT molecular complexity index is 828. The molecule has 1 amide bonds. The second-order valence-corrected chi connectivity index (χ2v) is 4.90. The van der Waals surface area contributed by atoms with Crippen LogP contribution in [0.2, 0.25) is 0 Å². The number of benzene rings is 2. The van der Waals surface area contributed by atoms with Gasteiger partial charge in [-0.25, -0.2) is 0 Å². The first-order valence-electron chi connectivity index (χ1n) is 6.85. The average Bonchev–Trinajstić information content (AvgIpc) is 2.53. The number of carbonyl (C=O) groups excluding carboxylic acids is 1. The molecule has 0 atom stereocenters. The Morgan fingerprint density at radius 2 is 1.46 bits per heavy atom. The van der Waals surface area contributed by atoms with Crippen LogP contribution in [0.15, 0.2) is 42.5 Å². The minimum Gasteiger partial charge on any atom is -0.326 e. The van der Waals surface area contributed by atoms with Crippen LogP contribution in [-0.2, 0) is 4.79 Å². The largest absolute Gasteiger partial charge is 0.346 e. The molecule has 0 saturated heterocycles. The molecular formula is C16H13N3O5. The number of carbonyl (C=O) groups is 1. The third-order valence-corrected chi connectivity index (χ3v) is 3.09. The van der Waals surface area contributed by atoms with E-state index in [1.54, 1.807) is 36.4 Å². The highest BCUT2D eigenvalue weighted by Gasteiger charge is 2.23. The van der Waals surface area contributed by atoms with Crippen molar-refractivity contribution in [2.45, 2.75) is 6.92 Å². The quantitative estimate of drug-likeness (QED) is 0.511. The lowest BCUT2D eigenvalue weighted by Gasteiger charge is -2.02. The molecule has 0 aromatic heterocycles. The molecule has 0 unspecified atom stereocenters. The summed E-state index contributed by atoms with van der Waals surface area (Å²) in [5.74, 6) is -0.170. The summed E-state index contributed by atoms with van der Waals surface area (Å²) in [6.45, 7) is 1.41. The normalized spacial score (nSPS) is 10.5. The van der Waals surface area contributed by atoms with Gasteiger partial charge in [0.05, 0.1) is 9.85 Å². The Morgan fingerprint density at radius 1 is 0.917 bits per heavy atom. The van der Waals surface area contributed by atoms with Crippen molar-refractivity contribution in [3.63, 3.8) is 0 Å². The number of nitro groups is 2. The molecule has 0 saturated carbocycles. The van der Waals surface area contributed by atoms with Gasteiger partial charge in [-0.2, -0.15) is 0 Å². The van der Waals surface area contributed by atoms with Crippen molar-refractivity contribution in [1.29, 1.82) is 0 Å². The Labute approximate surface area is 136 Å². The third-order valence-electron chi connectivity index (χ3n) is 3.09. The van der Waals surface area contributed by atoms with Gasteiger partial charge in [0.15, 0.2) is 0 Å². The number of anilines is 1. The van der Waals surface area contributed by atoms with Crippen LogP contribution in [0.3, 0.4) is 0 Å². The predicted molar refractivity (Wildman–Crippen MR) is 89.4 cm³/mol. The van der Waals surface area contributed by atoms with Gasteiger partial charge in [0, 0.05) is 24.7 Å². The first-order valence-corrected chi connectivity index (χ1v) is 6.85. The molecule has 2 rings (SSSR count). The van der Waals surface area contributed by atoms with Gasteiger partial charge in [-0.1, -0.05) is 24.3 Å². The summed E-state index contributed by atoms with van der Waals surface area (Å²) < 4.78 is 0. The van der Waals surface area contributed by atoms with Gasteiger partial charge in [0.2, 0.25) is 5.91 Å². The third kappa shape index (κ3) is 4.23. The molecule has 0 spiro atoms. The van der Waals surface area contributed by atoms with E-state index in [-0.39, 0.29) is 5.91 Å². The summed E-state index contributed by atoms with van der Waals surface area (Å²) >= 11 is 0. The fourth-order valence-electron chi connectivity index (χ4n) is 2.02. The zero-order chi connectivity index (χ0) is 17.7. The van der Waals surface area contributed by atoms with Gasteiger partial charge in [-0.15, -0.1) is 0 Å². The van der Waals surface area contributed by atoms with E-state index in [0.717, 1.165) is 17.7 Å². The van der Waals surface area contributed by atoms with E-state index in [4.69, 9.17) is 0 Å². The lowest BCUT2D eigenvalue weighted by molar-refractivity contribution is -0.422. The van der Waals surface area contributed by atoms with Crippen LogP contribution in [0.1, 0.15) is 18.1 Å². The molecular weight excluding hydrogens is 314 g/mol. The monoisotopic (exact) mass is 327 g/mol. The van der Waals surface area contributed by atoms with Gasteiger partial charge in [0.25, 0.3) is 0 Å². The molecule has 8 heteroatoms. The van der Waals surface area contributed by atoms with Gasteiger partial charge < -0.3 is 5.32 Å². The standard InChI is InChI=1S/C16H13N3O5/c1-11(20)17-14-7-4-12(5-8-14)2-3-13-6-9-15(18(21)22)16(10-13)19(23)24/h2-10H,1H3,(H,17,20). The summed E-state index contributed by atoms with van der Waals surface area (Å²) in [7, 11) is 0. The molecule has 0 aliphatic rings. The summed E-state index contributed by atoms with van der Waals surface area (Å²) in [5, 5.41) is 24.3. The predicted octanol–water partition coefficient (Wildman–Crippen LogP) is 3.63. The Hall–Kier alpha value is -3.55. The number of nitro benzene ring substituents is 2. The van der Waals surface area contributed by atoms with Crippen molar-refractivity contribution < 1.29 is 14.6 Å². The molecule has 0 bridgehead atoms. The van der Waals surface area contributed by atoms with Crippen molar-refractivity contribution in [3.05, 3.63) is 73.8 Å². The Balaban J connectivity index is 2.22. The molecule has 0 aliphatic carbocycles. The van der Waals surface area contributed by atoms with E-state index in [1.165, 1.54) is 13.0 Å². The number of hydrogen-bond donors (Lipinski definition) is 1. The second-order valence-electron chi connectivity index (χ2n) is 4.90. The molecule has 0 aliphatic heterocycles. The number of nitrogens with one attached hydrogen (secondary N) is 1. The molecule has 122 valence electrons. The molecule has 2 aromatic rings. The number of amides is 1. The molecule has 1 N–H and O–H groups in total. The molecule has 0 radical (unpaired) electrons. The van der Waals surface area contributed by atoms with E-state index in [0.29, 0.717) is 11.3 Å². The first kappa shape index (κ1) is 16.8. The molecule has 2 aromatic carbocycles. The summed E-state index contributed by atoms with van der Waals surface area (Å²) in [6, 6.07) is 10.7. The Morgan fingerprint density at radius 3 is 2.00 bits per heavy atom. The number of nitrogens with zero attached hydrogens (tertiary/aromatic N) is 2. The molecule has 0 fully saturated rings. The van der Waals surface area contributed by atoms with E-state index >= 15 is 0 Å². The average molecular weight is 327 g/mol. The number of hydrogen-bond acceptors (Lipinski definition) is 5. The van der Waals surface area contributed by atoms with Crippen molar-refractivity contribution >= 4 is 35.1 Å². The van der Waals surface area contributed by atoms with Crippen molar-refractivity contribution in [1.82, 2.24) is 0 Å². The lowest BCUT2D eigenvalue weighted by Crippen LogP contribution is -2.05. The fraction of sp³-hybridized carbons (Fsp3) is 0.0625. The summed E-state index contributed by atoms with van der Waals surface area (Å²) in [6.07, 6.45) is 3.33. The molecule has 24 heavy (non-hydrogen) atoms.